The third-order valence-corrected chi connectivity index (χ3v) is 4.26. The van der Waals surface area contributed by atoms with Crippen molar-refractivity contribution in [2.75, 3.05) is 6.61 Å². The largest absolute Gasteiger partial charge is 0.484 e. The molecule has 0 heterocycles. The van der Waals surface area contributed by atoms with E-state index in [0.29, 0.717) is 11.3 Å². The fraction of sp³-hybridized carbons (Fsp3) is 0.182. The first-order valence-electron chi connectivity index (χ1n) is 8.55. The minimum Gasteiger partial charge on any atom is -0.484 e. The molecule has 26 heavy (non-hydrogen) atoms. The molecule has 0 aliphatic rings. The Labute approximate surface area is 152 Å². The Bertz CT molecular complexity index is 949. The molecule has 4 heteroatoms. The van der Waals surface area contributed by atoms with Gasteiger partial charge < -0.3 is 10.1 Å². The van der Waals surface area contributed by atoms with E-state index in [0.717, 1.165) is 10.9 Å². The maximum atomic E-state index is 12.2. The monoisotopic (exact) mass is 347 g/mol. The zero-order valence-corrected chi connectivity index (χ0v) is 14.9. The van der Waals surface area contributed by atoms with Crippen LogP contribution in [0.1, 0.15) is 35.8 Å². The lowest BCUT2D eigenvalue weighted by molar-refractivity contribution is -0.123. The van der Waals surface area contributed by atoms with E-state index in [1.54, 1.807) is 24.3 Å². The van der Waals surface area contributed by atoms with E-state index >= 15 is 0 Å². The third-order valence-electron chi connectivity index (χ3n) is 4.26. The molecule has 0 spiro atoms. The minimum absolute atomic E-state index is 0.0372. The number of ketones is 1. The van der Waals surface area contributed by atoms with Crippen LogP contribution in [0.25, 0.3) is 10.8 Å². The van der Waals surface area contributed by atoms with Crippen LogP contribution < -0.4 is 10.1 Å². The number of Topliss-reactive ketones (excluding diaryl/α,β-unsaturated/α-hetero) is 1. The van der Waals surface area contributed by atoms with Crippen LogP contribution in [0, 0.1) is 0 Å². The topological polar surface area (TPSA) is 55.4 Å². The summed E-state index contributed by atoms with van der Waals surface area (Å²) in [5.41, 5.74) is 1.60. The van der Waals surface area contributed by atoms with Gasteiger partial charge in [0.1, 0.15) is 5.75 Å². The molecule has 0 unspecified atom stereocenters. The van der Waals surface area contributed by atoms with Crippen molar-refractivity contribution in [1.82, 2.24) is 5.32 Å². The number of fused-ring (bicyclic) bond motifs is 1. The summed E-state index contributed by atoms with van der Waals surface area (Å²) in [5, 5.41) is 5.25. The maximum absolute atomic E-state index is 12.2. The van der Waals surface area contributed by atoms with Gasteiger partial charge in [-0.15, -0.1) is 0 Å². The van der Waals surface area contributed by atoms with Crippen molar-refractivity contribution in [3.63, 3.8) is 0 Å². The Morgan fingerprint density at radius 3 is 2.50 bits per heavy atom. The molecule has 0 saturated heterocycles. The van der Waals surface area contributed by atoms with Gasteiger partial charge >= 0.3 is 0 Å². The van der Waals surface area contributed by atoms with Crippen LogP contribution in [-0.4, -0.2) is 18.3 Å². The number of ether oxygens (including phenoxy) is 1. The van der Waals surface area contributed by atoms with Gasteiger partial charge in [0.05, 0.1) is 6.04 Å². The molecule has 0 bridgehead atoms. The summed E-state index contributed by atoms with van der Waals surface area (Å²) in [6.07, 6.45) is 0. The van der Waals surface area contributed by atoms with Crippen molar-refractivity contribution in [1.29, 1.82) is 0 Å². The Kier molecular flexibility index (Phi) is 5.32. The van der Waals surface area contributed by atoms with Crippen LogP contribution in [-0.2, 0) is 4.79 Å². The quantitative estimate of drug-likeness (QED) is 0.677. The molecule has 1 N–H and O–H groups in total. The predicted molar refractivity (Wildman–Crippen MR) is 102 cm³/mol. The van der Waals surface area contributed by atoms with Crippen molar-refractivity contribution < 1.29 is 14.3 Å². The van der Waals surface area contributed by atoms with Gasteiger partial charge in [0, 0.05) is 5.56 Å². The van der Waals surface area contributed by atoms with Crippen molar-refractivity contribution in [2.24, 2.45) is 0 Å². The van der Waals surface area contributed by atoms with Gasteiger partial charge in [0.15, 0.2) is 12.4 Å². The van der Waals surface area contributed by atoms with Crippen LogP contribution in [0.5, 0.6) is 5.75 Å². The van der Waals surface area contributed by atoms with Crippen LogP contribution in [0.4, 0.5) is 0 Å². The van der Waals surface area contributed by atoms with Crippen molar-refractivity contribution >= 4 is 22.5 Å². The molecule has 0 fully saturated rings. The Morgan fingerprint density at radius 2 is 1.73 bits per heavy atom. The SMILES string of the molecule is CC(=O)c1cccc(OCC(=O)N[C@@H](C)c2ccc3ccccc3c2)c1. The maximum Gasteiger partial charge on any atom is 0.258 e. The number of carbonyl (C=O) groups is 2. The number of amides is 1. The Hall–Kier alpha value is -3.14. The average molecular weight is 347 g/mol. The highest BCUT2D eigenvalue weighted by atomic mass is 16.5. The third kappa shape index (κ3) is 4.28. The lowest BCUT2D eigenvalue weighted by atomic mass is 10.0. The van der Waals surface area contributed by atoms with Gasteiger partial charge in [-0.1, -0.05) is 48.5 Å². The lowest BCUT2D eigenvalue weighted by Gasteiger charge is -2.15. The average Bonchev–Trinajstić information content (AvgIpc) is 2.66. The summed E-state index contributed by atoms with van der Waals surface area (Å²) < 4.78 is 5.50. The second-order valence-electron chi connectivity index (χ2n) is 6.27. The van der Waals surface area contributed by atoms with Gasteiger partial charge in [0.25, 0.3) is 5.91 Å². The highest BCUT2D eigenvalue weighted by Crippen LogP contribution is 2.20. The summed E-state index contributed by atoms with van der Waals surface area (Å²) in [7, 11) is 0. The molecule has 3 aromatic carbocycles. The summed E-state index contributed by atoms with van der Waals surface area (Å²) >= 11 is 0. The number of benzene rings is 3. The molecule has 0 aliphatic carbocycles. The van der Waals surface area contributed by atoms with E-state index in [9.17, 15) is 9.59 Å². The molecule has 3 rings (SSSR count). The van der Waals surface area contributed by atoms with E-state index in [1.165, 1.54) is 12.3 Å². The van der Waals surface area contributed by atoms with E-state index in [-0.39, 0.29) is 24.3 Å². The molecule has 0 aromatic heterocycles. The number of hydrogen-bond acceptors (Lipinski definition) is 3. The van der Waals surface area contributed by atoms with E-state index < -0.39 is 0 Å². The first-order valence-corrected chi connectivity index (χ1v) is 8.55. The highest BCUT2D eigenvalue weighted by Gasteiger charge is 2.11. The zero-order valence-electron chi connectivity index (χ0n) is 14.9. The standard InChI is InChI=1S/C22H21NO3/c1-15(18-11-10-17-6-3-4-7-20(17)12-18)23-22(25)14-26-21-9-5-8-19(13-21)16(2)24/h3-13,15H,14H2,1-2H3,(H,23,25)/t15-/m0/s1. The highest BCUT2D eigenvalue weighted by molar-refractivity contribution is 5.94. The lowest BCUT2D eigenvalue weighted by Crippen LogP contribution is -2.31. The Balaban J connectivity index is 1.60. The minimum atomic E-state index is -0.209. The fourth-order valence-corrected chi connectivity index (χ4v) is 2.80. The van der Waals surface area contributed by atoms with E-state index in [4.69, 9.17) is 4.74 Å². The second kappa shape index (κ2) is 7.83. The van der Waals surface area contributed by atoms with Crippen LogP contribution in [0.15, 0.2) is 66.7 Å². The second-order valence-corrected chi connectivity index (χ2v) is 6.27. The first-order chi connectivity index (χ1) is 12.5. The first kappa shape index (κ1) is 17.7. The van der Waals surface area contributed by atoms with E-state index in [1.807, 2.05) is 25.1 Å². The summed E-state index contributed by atoms with van der Waals surface area (Å²) in [4.78, 5) is 23.6. The smallest absolute Gasteiger partial charge is 0.258 e. The number of rotatable bonds is 6. The van der Waals surface area contributed by atoms with Crippen LogP contribution >= 0.6 is 0 Å². The summed E-state index contributed by atoms with van der Waals surface area (Å²) in [5.74, 6) is 0.259. The molecular formula is C22H21NO3. The summed E-state index contributed by atoms with van der Waals surface area (Å²) in [6.45, 7) is 3.34. The Morgan fingerprint density at radius 1 is 0.962 bits per heavy atom. The predicted octanol–water partition coefficient (Wildman–Crippen LogP) is 4.30. The molecule has 0 radical (unpaired) electrons. The molecule has 0 saturated carbocycles. The van der Waals surface area contributed by atoms with Gasteiger partial charge in [-0.2, -0.15) is 0 Å². The van der Waals surface area contributed by atoms with E-state index in [2.05, 4.69) is 29.6 Å². The van der Waals surface area contributed by atoms with Crippen molar-refractivity contribution in [3.05, 3.63) is 77.9 Å². The molecule has 1 amide bonds. The molecule has 3 aromatic rings. The number of hydrogen-bond donors (Lipinski definition) is 1. The van der Waals surface area contributed by atoms with Gasteiger partial charge in [-0.05, 0) is 48.4 Å². The van der Waals surface area contributed by atoms with Crippen molar-refractivity contribution in [2.45, 2.75) is 19.9 Å². The number of nitrogens with one attached hydrogen (secondary N) is 1. The number of carbonyl (C=O) groups excluding carboxylic acids is 2. The molecule has 132 valence electrons. The normalized spacial score (nSPS) is 11.8. The summed E-state index contributed by atoms with van der Waals surface area (Å²) in [6, 6.07) is 21.0. The van der Waals surface area contributed by atoms with Crippen LogP contribution in [0.3, 0.4) is 0 Å². The molecular weight excluding hydrogens is 326 g/mol. The fourth-order valence-electron chi connectivity index (χ4n) is 2.80. The van der Waals surface area contributed by atoms with Crippen molar-refractivity contribution in [3.8, 4) is 5.75 Å². The molecule has 4 nitrogen and oxygen atoms in total. The zero-order chi connectivity index (χ0) is 18.5. The van der Waals surface area contributed by atoms with Gasteiger partial charge in [-0.3, -0.25) is 9.59 Å². The molecule has 0 aliphatic heterocycles. The van der Waals surface area contributed by atoms with Gasteiger partial charge in [-0.25, -0.2) is 0 Å². The van der Waals surface area contributed by atoms with Gasteiger partial charge in [0.2, 0.25) is 0 Å². The van der Waals surface area contributed by atoms with Crippen LogP contribution in [0.2, 0.25) is 0 Å². The molecule has 1 atom stereocenters.